The van der Waals surface area contributed by atoms with E-state index >= 15 is 0 Å². The van der Waals surface area contributed by atoms with Gasteiger partial charge in [0.25, 0.3) is 0 Å². The number of nitrogens with two attached hydrogens (primary N) is 1. The van der Waals surface area contributed by atoms with Gasteiger partial charge in [-0.3, -0.25) is 4.68 Å². The number of carbonyl (C=O) groups excluding carboxylic acids is 1. The molecule has 3 heterocycles. The number of hydrogen-bond acceptors (Lipinski definition) is 8. The molecule has 0 spiro atoms. The van der Waals surface area contributed by atoms with Crippen molar-refractivity contribution >= 4 is 40.4 Å². The Morgan fingerprint density at radius 1 is 1.09 bits per heavy atom. The third kappa shape index (κ3) is 5.11. The van der Waals surface area contributed by atoms with E-state index in [-0.39, 0.29) is 30.5 Å². The third-order valence-corrected chi connectivity index (χ3v) is 7.89. The van der Waals surface area contributed by atoms with Crippen LogP contribution in [0.15, 0.2) is 66.7 Å². The number of fused-ring (bicyclic) bond motifs is 2. The van der Waals surface area contributed by atoms with Gasteiger partial charge in [-0.2, -0.15) is 5.10 Å². The van der Waals surface area contributed by atoms with E-state index in [0.717, 1.165) is 22.8 Å². The predicted octanol–water partition coefficient (Wildman–Crippen LogP) is 5.90. The minimum atomic E-state index is -1.09. The highest BCUT2D eigenvalue weighted by atomic mass is 35.5. The van der Waals surface area contributed by atoms with Crippen molar-refractivity contribution < 1.29 is 18.7 Å². The number of nitrogens with one attached hydrogen (secondary N) is 1. The van der Waals surface area contributed by atoms with E-state index in [9.17, 15) is 9.18 Å². The number of halogens is 2. The molecule has 11 heteroatoms. The van der Waals surface area contributed by atoms with Crippen LogP contribution in [0, 0.1) is 5.82 Å². The van der Waals surface area contributed by atoms with E-state index in [2.05, 4.69) is 10.3 Å². The summed E-state index contributed by atoms with van der Waals surface area (Å²) in [5.74, 6) is 0.553. The number of hydrogen-bond donors (Lipinski definition) is 2. The summed E-state index contributed by atoms with van der Waals surface area (Å²) in [6, 6.07) is 19.4. The van der Waals surface area contributed by atoms with Gasteiger partial charge >= 0.3 is 0 Å². The van der Waals surface area contributed by atoms with Crippen molar-refractivity contribution in [1.29, 1.82) is 0 Å². The number of nitrogens with zero attached hydrogens (tertiary/aromatic N) is 4. The molecule has 0 aliphatic carbocycles. The minimum Gasteiger partial charge on any atom is -0.383 e. The summed E-state index contributed by atoms with van der Waals surface area (Å²) in [4.78, 5) is 22.2. The number of aromatic nitrogens is 4. The lowest BCUT2D eigenvalue weighted by molar-refractivity contribution is -0.140. The Balaban J connectivity index is 1.40. The van der Waals surface area contributed by atoms with Crippen LogP contribution in [0.5, 0.6) is 0 Å². The molecule has 220 valence electrons. The molecule has 9 nitrogen and oxygen atoms in total. The quantitative estimate of drug-likeness (QED) is 0.150. The summed E-state index contributed by atoms with van der Waals surface area (Å²) in [6.45, 7) is 5.26. The van der Waals surface area contributed by atoms with Crippen LogP contribution in [0.2, 0.25) is 5.02 Å². The maximum Gasteiger partial charge on any atom is 0.184 e. The number of aldehydes is 1. The maximum absolute atomic E-state index is 14.5. The number of ether oxygens (including phenoxy) is 2. The molecule has 3 aromatic carbocycles. The van der Waals surface area contributed by atoms with E-state index in [0.29, 0.717) is 46.4 Å². The highest BCUT2D eigenvalue weighted by Gasteiger charge is 2.44. The Hall–Kier alpha value is -4.38. The van der Waals surface area contributed by atoms with E-state index in [1.165, 1.54) is 6.07 Å². The fraction of sp³-hybridized carbons (Fsp3) is 0.250. The molecule has 0 radical (unpaired) electrons. The molecule has 2 aromatic heterocycles. The number of anilines is 2. The average Bonchev–Trinajstić information content (AvgIpc) is 3.57. The lowest BCUT2D eigenvalue weighted by Gasteiger charge is -2.25. The molecule has 43 heavy (non-hydrogen) atoms. The topological polar surface area (TPSA) is 117 Å². The van der Waals surface area contributed by atoms with Crippen LogP contribution in [0.4, 0.5) is 16.0 Å². The molecule has 6 rings (SSSR count). The van der Waals surface area contributed by atoms with Crippen LogP contribution >= 0.6 is 11.6 Å². The molecule has 0 bridgehead atoms. The van der Waals surface area contributed by atoms with Crippen LogP contribution < -0.4 is 11.1 Å². The van der Waals surface area contributed by atoms with Crippen LogP contribution in [-0.4, -0.2) is 45.8 Å². The third-order valence-electron chi connectivity index (χ3n) is 7.66. The van der Waals surface area contributed by atoms with Crippen LogP contribution in [0.25, 0.3) is 22.4 Å². The molecule has 1 unspecified atom stereocenters. The monoisotopic (exact) mass is 600 g/mol. The molecular formula is C32H30ClFN6O3. The van der Waals surface area contributed by atoms with Crippen molar-refractivity contribution in [3.63, 3.8) is 0 Å². The van der Waals surface area contributed by atoms with Gasteiger partial charge in [-0.1, -0.05) is 54.1 Å². The number of carbonyl (C=O) groups is 1. The van der Waals surface area contributed by atoms with Gasteiger partial charge in [0.05, 0.1) is 17.6 Å². The Labute approximate surface area is 252 Å². The van der Waals surface area contributed by atoms with Gasteiger partial charge in [0.2, 0.25) is 0 Å². The molecule has 1 aliphatic rings. The predicted molar refractivity (Wildman–Crippen MR) is 163 cm³/mol. The number of nitrogen functional groups attached to an aromatic ring is 1. The smallest absolute Gasteiger partial charge is 0.184 e. The van der Waals surface area contributed by atoms with Gasteiger partial charge < -0.3 is 25.3 Å². The van der Waals surface area contributed by atoms with Crippen molar-refractivity contribution in [1.82, 2.24) is 19.7 Å². The molecular weight excluding hydrogens is 571 g/mol. The fourth-order valence-corrected chi connectivity index (χ4v) is 5.75. The Kier molecular flexibility index (Phi) is 7.83. The van der Waals surface area contributed by atoms with Crippen LogP contribution in [-0.2, 0) is 26.2 Å². The second-order valence-electron chi connectivity index (χ2n) is 10.2. The minimum absolute atomic E-state index is 0.161. The van der Waals surface area contributed by atoms with Crippen molar-refractivity contribution in [3.8, 4) is 11.5 Å². The molecule has 1 atom stereocenters. The second kappa shape index (κ2) is 11.7. The normalized spacial score (nSPS) is 16.0. The zero-order valence-corrected chi connectivity index (χ0v) is 24.4. The van der Waals surface area contributed by atoms with Gasteiger partial charge in [0.1, 0.15) is 34.8 Å². The summed E-state index contributed by atoms with van der Waals surface area (Å²) < 4.78 is 27.6. The van der Waals surface area contributed by atoms with E-state index in [4.69, 9.17) is 36.9 Å². The molecule has 0 saturated carbocycles. The lowest BCUT2D eigenvalue weighted by atomic mass is 9.77. The first-order valence-corrected chi connectivity index (χ1v) is 14.4. The van der Waals surface area contributed by atoms with E-state index < -0.39 is 11.7 Å². The van der Waals surface area contributed by atoms with Crippen molar-refractivity contribution in [2.45, 2.75) is 32.1 Å². The van der Waals surface area contributed by atoms with Crippen molar-refractivity contribution in [2.24, 2.45) is 0 Å². The number of benzene rings is 3. The molecule has 3 N–H and O–H groups in total. The SMILES string of the molecule is CCOC(OCC)c1ccc(C2(C=O)CNc3nc(-c4nn(Cc5ccccc5F)c5cc(Cl)ccc45)nc(N)c32)cc1. The van der Waals surface area contributed by atoms with Gasteiger partial charge in [0, 0.05) is 41.3 Å². The largest absolute Gasteiger partial charge is 0.383 e. The highest BCUT2D eigenvalue weighted by Crippen LogP contribution is 2.44. The summed E-state index contributed by atoms with van der Waals surface area (Å²) in [5, 5.41) is 9.27. The summed E-state index contributed by atoms with van der Waals surface area (Å²) in [6.07, 6.45) is 0.382. The molecule has 1 aliphatic heterocycles. The zero-order valence-electron chi connectivity index (χ0n) is 23.7. The Bertz CT molecular complexity index is 1810. The van der Waals surface area contributed by atoms with Crippen LogP contribution in [0.1, 0.15) is 42.4 Å². The summed E-state index contributed by atoms with van der Waals surface area (Å²) >= 11 is 6.32. The van der Waals surface area contributed by atoms with Gasteiger partial charge in [0.15, 0.2) is 12.1 Å². The standard InChI is InChI=1S/C32H30ClFN6O3/c1-3-42-31(43-4-2)19-9-11-21(12-10-19)32(18-41)17-36-29-26(32)28(35)37-30(38-29)27-23-14-13-22(33)15-25(23)40(39-27)16-20-7-5-6-8-24(20)34/h5-15,18,31H,3-4,16-17H2,1-2H3,(H3,35,36,37,38). The van der Waals surface area contributed by atoms with E-state index in [1.54, 1.807) is 35.0 Å². The summed E-state index contributed by atoms with van der Waals surface area (Å²) in [7, 11) is 0. The molecule has 0 fully saturated rings. The lowest BCUT2D eigenvalue weighted by Crippen LogP contribution is -2.32. The van der Waals surface area contributed by atoms with Crippen LogP contribution in [0.3, 0.4) is 0 Å². The fourth-order valence-electron chi connectivity index (χ4n) is 5.58. The van der Waals surface area contributed by atoms with Gasteiger partial charge in [-0.05, 0) is 43.7 Å². The van der Waals surface area contributed by atoms with E-state index in [1.807, 2.05) is 44.2 Å². The number of rotatable bonds is 10. The zero-order chi connectivity index (χ0) is 30.1. The summed E-state index contributed by atoms with van der Waals surface area (Å²) in [5.41, 5.74) is 9.21. The molecule has 5 aromatic rings. The van der Waals surface area contributed by atoms with Gasteiger partial charge in [-0.15, -0.1) is 0 Å². The molecule has 0 amide bonds. The second-order valence-corrected chi connectivity index (χ2v) is 10.7. The Morgan fingerprint density at radius 3 is 2.53 bits per heavy atom. The highest BCUT2D eigenvalue weighted by molar-refractivity contribution is 6.31. The first kappa shape index (κ1) is 28.7. The maximum atomic E-state index is 14.5. The van der Waals surface area contributed by atoms with Gasteiger partial charge in [-0.25, -0.2) is 14.4 Å². The first-order valence-electron chi connectivity index (χ1n) is 14.0. The molecule has 0 saturated heterocycles. The Morgan fingerprint density at radius 2 is 1.84 bits per heavy atom. The van der Waals surface area contributed by atoms with Crippen molar-refractivity contribution in [2.75, 3.05) is 30.8 Å². The van der Waals surface area contributed by atoms with Crippen molar-refractivity contribution in [3.05, 3.63) is 99.8 Å². The first-order chi connectivity index (χ1) is 20.9. The average molecular weight is 601 g/mol.